The summed E-state index contributed by atoms with van der Waals surface area (Å²) in [6, 6.07) is 5.86. The molecular formula is C28H30ClF2N7. The summed E-state index contributed by atoms with van der Waals surface area (Å²) in [5.41, 5.74) is 9.76. The van der Waals surface area contributed by atoms with Crippen molar-refractivity contribution in [2.75, 3.05) is 17.2 Å². The van der Waals surface area contributed by atoms with E-state index < -0.39 is 17.9 Å². The van der Waals surface area contributed by atoms with E-state index in [1.807, 2.05) is 6.07 Å². The number of benzene rings is 1. The maximum absolute atomic E-state index is 15.6. The number of hydrazine groups is 2. The van der Waals surface area contributed by atoms with Crippen LogP contribution in [0.4, 0.5) is 20.2 Å². The van der Waals surface area contributed by atoms with E-state index in [1.54, 1.807) is 25.3 Å². The van der Waals surface area contributed by atoms with Gasteiger partial charge in [0.1, 0.15) is 5.70 Å². The third kappa shape index (κ3) is 5.19. The van der Waals surface area contributed by atoms with Crippen LogP contribution in [-0.4, -0.2) is 27.6 Å². The molecule has 1 saturated carbocycles. The largest absolute Gasteiger partial charge is 0.383 e. The summed E-state index contributed by atoms with van der Waals surface area (Å²) in [7, 11) is 0. The molecule has 3 aromatic rings. The zero-order chi connectivity index (χ0) is 27.2. The molecule has 5 rings (SSSR count). The lowest BCUT2D eigenvalue weighted by molar-refractivity contribution is 0.195. The second-order valence-corrected chi connectivity index (χ2v) is 11.3. The fourth-order valence-corrected chi connectivity index (χ4v) is 4.71. The molecule has 38 heavy (non-hydrogen) atoms. The maximum atomic E-state index is 15.6. The number of pyridine rings is 2. The molecule has 0 bridgehead atoms. The first kappa shape index (κ1) is 26.0. The van der Waals surface area contributed by atoms with Crippen LogP contribution in [0.5, 0.6) is 0 Å². The van der Waals surface area contributed by atoms with Crippen molar-refractivity contribution in [1.29, 1.82) is 0 Å². The highest BCUT2D eigenvalue weighted by atomic mass is 35.5. The minimum Gasteiger partial charge on any atom is -0.383 e. The number of aromatic nitrogens is 2. The van der Waals surface area contributed by atoms with E-state index in [-0.39, 0.29) is 17.2 Å². The number of fused-ring (bicyclic) bond motifs is 1. The predicted octanol–water partition coefficient (Wildman–Crippen LogP) is 5.95. The van der Waals surface area contributed by atoms with Crippen LogP contribution in [0.25, 0.3) is 10.9 Å². The van der Waals surface area contributed by atoms with Crippen molar-refractivity contribution in [3.63, 3.8) is 0 Å². The average Bonchev–Trinajstić information content (AvgIpc) is 3.62. The van der Waals surface area contributed by atoms with Crippen LogP contribution in [0.15, 0.2) is 42.1 Å². The Balaban J connectivity index is 1.60. The molecule has 1 aromatic carbocycles. The zero-order valence-electron chi connectivity index (χ0n) is 21.7. The number of anilines is 2. The van der Waals surface area contributed by atoms with Gasteiger partial charge in [0, 0.05) is 41.1 Å². The van der Waals surface area contributed by atoms with Gasteiger partial charge in [-0.2, -0.15) is 8.78 Å². The molecule has 1 atom stereocenters. The summed E-state index contributed by atoms with van der Waals surface area (Å²) in [6.45, 7) is 8.73. The fraction of sp³-hybridized carbons (Fsp3) is 0.357. The Hall–Kier alpha value is -3.61. The Morgan fingerprint density at radius 2 is 2.03 bits per heavy atom. The van der Waals surface area contributed by atoms with E-state index in [4.69, 9.17) is 18.0 Å². The van der Waals surface area contributed by atoms with Crippen molar-refractivity contribution in [3.05, 3.63) is 69.9 Å². The van der Waals surface area contributed by atoms with E-state index >= 15 is 4.39 Å². The first-order valence-corrected chi connectivity index (χ1v) is 12.9. The number of nitrogens with zero attached hydrogens (tertiary/aromatic N) is 3. The van der Waals surface area contributed by atoms with Crippen LogP contribution >= 0.6 is 11.6 Å². The minimum atomic E-state index is -0.720. The van der Waals surface area contributed by atoms with Crippen molar-refractivity contribution >= 4 is 33.9 Å². The summed E-state index contributed by atoms with van der Waals surface area (Å²) in [5.74, 6) is 1.67. The van der Waals surface area contributed by atoms with Gasteiger partial charge in [0.05, 0.1) is 27.8 Å². The van der Waals surface area contributed by atoms with E-state index in [2.05, 4.69) is 58.3 Å². The number of hydrogen-bond acceptors (Lipinski definition) is 7. The Bertz CT molecular complexity index is 1470. The van der Waals surface area contributed by atoms with Crippen LogP contribution in [0.2, 0.25) is 5.02 Å². The molecule has 2 aromatic heterocycles. The molecular weight excluding hydrogens is 508 g/mol. The molecule has 1 aliphatic carbocycles. The predicted molar refractivity (Wildman–Crippen MR) is 147 cm³/mol. The standard InChI is InChI=1S/C28H30ClF2N7/c1-6-16-13-32-24-20(23(16)33-14-28(3,4)5)11-17(12-21(24)29)35-25(19-9-10-22(30)34-15(19)2)26-27(31)38(37-36-26)18-7-8-18/h1,9-13,18,25,35-37H,7-8,14H2,2-5H3,(H,32,33)/t25-/m0/s1. The summed E-state index contributed by atoms with van der Waals surface area (Å²) >= 11 is 6.70. The minimum absolute atomic E-state index is 0.00209. The van der Waals surface area contributed by atoms with Gasteiger partial charge in [-0.15, -0.1) is 12.0 Å². The first-order valence-electron chi connectivity index (χ1n) is 12.5. The molecule has 2 aliphatic rings. The lowest BCUT2D eigenvalue weighted by atomic mass is 9.96. The normalized spacial score (nSPS) is 16.4. The van der Waals surface area contributed by atoms with E-state index in [1.165, 1.54) is 11.1 Å². The molecule has 0 saturated heterocycles. The van der Waals surface area contributed by atoms with Crippen LogP contribution in [0.3, 0.4) is 0 Å². The monoisotopic (exact) mass is 537 g/mol. The Morgan fingerprint density at radius 3 is 2.68 bits per heavy atom. The average molecular weight is 538 g/mol. The molecule has 3 heterocycles. The van der Waals surface area contributed by atoms with Gasteiger partial charge in [-0.3, -0.25) is 9.99 Å². The lowest BCUT2D eigenvalue weighted by Gasteiger charge is -2.24. The topological polar surface area (TPSA) is 77.1 Å². The highest BCUT2D eigenvalue weighted by molar-refractivity contribution is 6.35. The first-order chi connectivity index (χ1) is 18.1. The molecule has 0 amide bonds. The van der Waals surface area contributed by atoms with Crippen molar-refractivity contribution in [3.8, 4) is 12.3 Å². The number of hydrogen-bond donors (Lipinski definition) is 4. The fourth-order valence-electron chi connectivity index (χ4n) is 4.44. The van der Waals surface area contributed by atoms with Gasteiger partial charge in [-0.1, -0.05) is 44.4 Å². The Labute approximate surface area is 226 Å². The van der Waals surface area contributed by atoms with Crippen molar-refractivity contribution in [2.45, 2.75) is 52.6 Å². The van der Waals surface area contributed by atoms with E-state index in [9.17, 15) is 4.39 Å². The van der Waals surface area contributed by atoms with Crippen molar-refractivity contribution < 1.29 is 8.78 Å². The van der Waals surface area contributed by atoms with Gasteiger partial charge in [-0.05, 0) is 43.4 Å². The van der Waals surface area contributed by atoms with Gasteiger partial charge in [-0.25, -0.2) is 4.98 Å². The van der Waals surface area contributed by atoms with Gasteiger partial charge < -0.3 is 16.1 Å². The number of terminal acetylenes is 1. The van der Waals surface area contributed by atoms with Gasteiger partial charge in [0.25, 0.3) is 0 Å². The summed E-state index contributed by atoms with van der Waals surface area (Å²) in [6.07, 6.45) is 9.23. The zero-order valence-corrected chi connectivity index (χ0v) is 22.5. The van der Waals surface area contributed by atoms with Gasteiger partial charge in [0.2, 0.25) is 11.9 Å². The van der Waals surface area contributed by atoms with Crippen molar-refractivity contribution in [1.82, 2.24) is 25.9 Å². The third-order valence-electron chi connectivity index (χ3n) is 6.54. The molecule has 4 N–H and O–H groups in total. The number of nitrogens with one attached hydrogen (secondary N) is 4. The number of aryl methyl sites for hydroxylation is 1. The lowest BCUT2D eigenvalue weighted by Crippen LogP contribution is -2.39. The highest BCUT2D eigenvalue weighted by Crippen LogP contribution is 2.39. The second kappa shape index (κ2) is 9.93. The Kier molecular flexibility index (Phi) is 6.80. The maximum Gasteiger partial charge on any atom is 0.228 e. The molecule has 198 valence electrons. The molecule has 1 aliphatic heterocycles. The highest BCUT2D eigenvalue weighted by Gasteiger charge is 2.39. The van der Waals surface area contributed by atoms with E-state index in [0.717, 1.165) is 23.9 Å². The summed E-state index contributed by atoms with van der Waals surface area (Å²) < 4.78 is 29.4. The molecule has 0 radical (unpaired) electrons. The van der Waals surface area contributed by atoms with Crippen LogP contribution in [-0.2, 0) is 0 Å². The van der Waals surface area contributed by atoms with Crippen molar-refractivity contribution in [2.24, 2.45) is 5.41 Å². The summed E-state index contributed by atoms with van der Waals surface area (Å²) in [4.78, 5) is 8.46. The van der Waals surface area contributed by atoms with Gasteiger partial charge >= 0.3 is 0 Å². The Morgan fingerprint density at radius 1 is 1.26 bits per heavy atom. The van der Waals surface area contributed by atoms with Crippen LogP contribution in [0, 0.1) is 30.6 Å². The summed E-state index contributed by atoms with van der Waals surface area (Å²) in [5, 5.41) is 9.50. The third-order valence-corrected chi connectivity index (χ3v) is 6.82. The van der Waals surface area contributed by atoms with Crippen LogP contribution < -0.4 is 21.6 Å². The van der Waals surface area contributed by atoms with Crippen LogP contribution in [0.1, 0.15) is 56.5 Å². The molecule has 10 heteroatoms. The number of halogens is 3. The SMILES string of the molecule is C#Cc1cnc2c(Cl)cc(N[C@H](C3=C(F)N(C4CC4)NN3)c3ccc(F)nc3C)cc2c1NCC(C)(C)C. The molecule has 0 spiro atoms. The number of rotatable bonds is 7. The molecule has 0 unspecified atom stereocenters. The molecule has 1 fully saturated rings. The van der Waals surface area contributed by atoms with E-state index in [0.29, 0.717) is 39.6 Å². The smallest absolute Gasteiger partial charge is 0.228 e. The van der Waals surface area contributed by atoms with Gasteiger partial charge in [0.15, 0.2) is 0 Å². The molecule has 7 nitrogen and oxygen atoms in total. The second-order valence-electron chi connectivity index (χ2n) is 10.9. The quantitative estimate of drug-likeness (QED) is 0.168.